The van der Waals surface area contributed by atoms with Gasteiger partial charge < -0.3 is 9.63 Å². The molecule has 1 heterocycles. The minimum atomic E-state index is -0.866. The highest BCUT2D eigenvalue weighted by Gasteiger charge is 2.27. The summed E-state index contributed by atoms with van der Waals surface area (Å²) in [6, 6.07) is 0. The molecule has 0 aliphatic carbocycles. The monoisotopic (exact) mass is 269 g/mol. The average molecular weight is 269 g/mol. The Balaban J connectivity index is 2.85. The van der Waals surface area contributed by atoms with E-state index in [1.165, 1.54) is 0 Å². The van der Waals surface area contributed by atoms with Crippen LogP contribution in [-0.4, -0.2) is 38.2 Å². The number of carbonyl (C=O) groups is 1. The van der Waals surface area contributed by atoms with E-state index in [0.717, 1.165) is 0 Å². The number of aliphatic carboxylic acids is 1. The van der Waals surface area contributed by atoms with Gasteiger partial charge >= 0.3 is 5.97 Å². The smallest absolute Gasteiger partial charge is 0.317 e. The highest BCUT2D eigenvalue weighted by molar-refractivity contribution is 5.69. The second kappa shape index (κ2) is 5.28. The first-order chi connectivity index (χ1) is 8.50. The summed E-state index contributed by atoms with van der Waals surface area (Å²) in [4.78, 5) is 17.0. The normalized spacial score (nSPS) is 13.0. The highest BCUT2D eigenvalue weighted by atomic mass is 16.5. The molecule has 1 aromatic rings. The molecule has 0 saturated carbocycles. The van der Waals surface area contributed by atoms with Crippen molar-refractivity contribution in [2.75, 3.05) is 6.54 Å². The van der Waals surface area contributed by atoms with Crippen LogP contribution >= 0.6 is 0 Å². The first-order valence-corrected chi connectivity index (χ1v) is 6.30. The Bertz CT molecular complexity index is 441. The van der Waals surface area contributed by atoms with E-state index in [4.69, 9.17) is 9.63 Å². The van der Waals surface area contributed by atoms with Crippen LogP contribution in [0, 0.1) is 0 Å². The molecule has 0 atom stereocenters. The minimum absolute atomic E-state index is 0.0527. The van der Waals surface area contributed by atoms with Crippen LogP contribution in [0.1, 0.15) is 53.3 Å². The molecule has 1 rings (SSSR count). The molecular weight excluding hydrogens is 246 g/mol. The quantitative estimate of drug-likeness (QED) is 0.901. The Kier molecular flexibility index (Phi) is 4.35. The van der Waals surface area contributed by atoms with Gasteiger partial charge in [0.2, 0.25) is 5.89 Å². The molecule has 0 unspecified atom stereocenters. The van der Waals surface area contributed by atoms with Gasteiger partial charge in [-0.25, -0.2) is 0 Å². The molecule has 0 aliphatic heterocycles. The predicted molar refractivity (Wildman–Crippen MR) is 70.8 cm³/mol. The summed E-state index contributed by atoms with van der Waals surface area (Å²) in [7, 11) is 0. The third kappa shape index (κ3) is 4.63. The fourth-order valence-electron chi connectivity index (χ4n) is 1.49. The number of hydrogen-bond donors (Lipinski definition) is 1. The molecule has 0 saturated heterocycles. The topological polar surface area (TPSA) is 79.5 Å². The van der Waals surface area contributed by atoms with Crippen molar-refractivity contribution in [3.05, 3.63) is 11.7 Å². The van der Waals surface area contributed by atoms with Gasteiger partial charge in [-0.15, -0.1) is 0 Å². The Morgan fingerprint density at radius 2 is 1.84 bits per heavy atom. The molecule has 6 heteroatoms. The van der Waals surface area contributed by atoms with Crippen LogP contribution in [0.2, 0.25) is 0 Å². The van der Waals surface area contributed by atoms with Crippen molar-refractivity contribution in [1.82, 2.24) is 15.0 Å². The molecule has 0 aromatic carbocycles. The summed E-state index contributed by atoms with van der Waals surface area (Å²) < 4.78 is 5.21. The van der Waals surface area contributed by atoms with Crippen LogP contribution in [0.5, 0.6) is 0 Å². The van der Waals surface area contributed by atoms with Crippen molar-refractivity contribution in [1.29, 1.82) is 0 Å². The molecule has 1 aromatic heterocycles. The third-order valence-electron chi connectivity index (χ3n) is 2.72. The van der Waals surface area contributed by atoms with E-state index in [9.17, 15) is 4.79 Å². The van der Waals surface area contributed by atoms with Gasteiger partial charge in [0, 0.05) is 11.0 Å². The van der Waals surface area contributed by atoms with E-state index in [1.807, 2.05) is 41.5 Å². The number of carboxylic acid groups (broad SMARTS) is 1. The average Bonchev–Trinajstić information content (AvgIpc) is 2.62. The number of nitrogens with zero attached hydrogens (tertiary/aromatic N) is 3. The number of aromatic nitrogens is 2. The van der Waals surface area contributed by atoms with Gasteiger partial charge in [0.25, 0.3) is 0 Å². The van der Waals surface area contributed by atoms with E-state index in [1.54, 1.807) is 4.90 Å². The molecular formula is C13H23N3O3. The van der Waals surface area contributed by atoms with Crippen LogP contribution in [-0.2, 0) is 16.8 Å². The summed E-state index contributed by atoms with van der Waals surface area (Å²) in [6.07, 6.45) is 0. The van der Waals surface area contributed by atoms with Gasteiger partial charge in [0.15, 0.2) is 5.82 Å². The zero-order chi connectivity index (χ0) is 14.8. The molecule has 0 fully saturated rings. The molecule has 0 radical (unpaired) electrons. The first-order valence-electron chi connectivity index (χ1n) is 6.30. The first kappa shape index (κ1) is 15.6. The summed E-state index contributed by atoms with van der Waals surface area (Å²) in [5.74, 6) is 0.210. The van der Waals surface area contributed by atoms with Crippen molar-refractivity contribution in [2.45, 2.75) is 59.0 Å². The Hall–Kier alpha value is -1.43. The molecule has 0 amide bonds. The second-order valence-corrected chi connectivity index (χ2v) is 6.69. The molecule has 0 bridgehead atoms. The predicted octanol–water partition coefficient (Wildman–Crippen LogP) is 2.05. The Labute approximate surface area is 113 Å². The molecule has 108 valence electrons. The summed E-state index contributed by atoms with van der Waals surface area (Å²) in [5, 5.41) is 12.9. The van der Waals surface area contributed by atoms with Crippen LogP contribution in [0.25, 0.3) is 0 Å². The lowest BCUT2D eigenvalue weighted by atomic mass is 9.97. The largest absolute Gasteiger partial charge is 0.480 e. The maximum absolute atomic E-state index is 10.9. The molecule has 6 nitrogen and oxygen atoms in total. The SMILES string of the molecule is CC(C)(C)c1nc(CN(CC(=O)O)C(C)(C)C)no1. The Morgan fingerprint density at radius 1 is 1.26 bits per heavy atom. The number of hydrogen-bond acceptors (Lipinski definition) is 5. The fraction of sp³-hybridized carbons (Fsp3) is 0.769. The van der Waals surface area contributed by atoms with Crippen molar-refractivity contribution >= 4 is 5.97 Å². The summed E-state index contributed by atoms with van der Waals surface area (Å²) in [5.41, 5.74) is -0.481. The fourth-order valence-corrected chi connectivity index (χ4v) is 1.49. The van der Waals surface area contributed by atoms with Gasteiger partial charge in [-0.1, -0.05) is 25.9 Å². The zero-order valence-electron chi connectivity index (χ0n) is 12.5. The summed E-state index contributed by atoms with van der Waals surface area (Å²) in [6.45, 7) is 12.1. The van der Waals surface area contributed by atoms with Gasteiger partial charge in [-0.3, -0.25) is 9.69 Å². The van der Waals surface area contributed by atoms with E-state index >= 15 is 0 Å². The van der Waals surface area contributed by atoms with Crippen LogP contribution in [0.15, 0.2) is 4.52 Å². The molecule has 0 spiro atoms. The lowest BCUT2D eigenvalue weighted by Crippen LogP contribution is -2.44. The minimum Gasteiger partial charge on any atom is -0.480 e. The van der Waals surface area contributed by atoms with Crippen molar-refractivity contribution in [3.63, 3.8) is 0 Å². The van der Waals surface area contributed by atoms with Crippen LogP contribution in [0.3, 0.4) is 0 Å². The molecule has 19 heavy (non-hydrogen) atoms. The second-order valence-electron chi connectivity index (χ2n) is 6.69. The molecule has 0 aliphatic rings. The zero-order valence-corrected chi connectivity index (χ0v) is 12.5. The molecule has 1 N–H and O–H groups in total. The van der Waals surface area contributed by atoms with Crippen LogP contribution in [0.4, 0.5) is 0 Å². The van der Waals surface area contributed by atoms with Crippen molar-refractivity contribution < 1.29 is 14.4 Å². The maximum atomic E-state index is 10.9. The van der Waals surface area contributed by atoms with E-state index < -0.39 is 5.97 Å². The lowest BCUT2D eigenvalue weighted by Gasteiger charge is -2.33. The van der Waals surface area contributed by atoms with Crippen LogP contribution < -0.4 is 0 Å². The lowest BCUT2D eigenvalue weighted by molar-refractivity contribution is -0.140. The van der Waals surface area contributed by atoms with Gasteiger partial charge in [-0.2, -0.15) is 4.98 Å². The third-order valence-corrected chi connectivity index (χ3v) is 2.72. The van der Waals surface area contributed by atoms with Crippen molar-refractivity contribution in [3.8, 4) is 0 Å². The van der Waals surface area contributed by atoms with Crippen molar-refractivity contribution in [2.24, 2.45) is 0 Å². The van der Waals surface area contributed by atoms with E-state index in [0.29, 0.717) is 18.3 Å². The standard InChI is InChI=1S/C13H23N3O3/c1-12(2,3)11-14-9(15-19-11)7-16(8-10(17)18)13(4,5)6/h7-8H2,1-6H3,(H,17,18). The number of rotatable bonds is 4. The number of carboxylic acids is 1. The Morgan fingerprint density at radius 3 is 2.21 bits per heavy atom. The van der Waals surface area contributed by atoms with E-state index in [-0.39, 0.29) is 17.5 Å². The van der Waals surface area contributed by atoms with Gasteiger partial charge in [-0.05, 0) is 20.8 Å². The summed E-state index contributed by atoms with van der Waals surface area (Å²) >= 11 is 0. The van der Waals surface area contributed by atoms with Gasteiger partial charge in [0.1, 0.15) is 0 Å². The highest BCUT2D eigenvalue weighted by Crippen LogP contribution is 2.21. The van der Waals surface area contributed by atoms with Gasteiger partial charge in [0.05, 0.1) is 13.1 Å². The van der Waals surface area contributed by atoms with E-state index in [2.05, 4.69) is 10.1 Å². The maximum Gasteiger partial charge on any atom is 0.317 e.